The van der Waals surface area contributed by atoms with Gasteiger partial charge in [-0.05, 0) is 43.4 Å². The van der Waals surface area contributed by atoms with Gasteiger partial charge in [0, 0.05) is 10.8 Å². The number of aryl methyl sites for hydroxylation is 2. The quantitative estimate of drug-likeness (QED) is 0.857. The summed E-state index contributed by atoms with van der Waals surface area (Å²) in [5.41, 5.74) is 5.21. The van der Waals surface area contributed by atoms with Gasteiger partial charge >= 0.3 is 5.97 Å². The fourth-order valence-electron chi connectivity index (χ4n) is 3.30. The summed E-state index contributed by atoms with van der Waals surface area (Å²) < 4.78 is 0. The molecule has 0 amide bonds. The lowest BCUT2D eigenvalue weighted by Gasteiger charge is -2.20. The largest absolute Gasteiger partial charge is 0.478 e. The fourth-order valence-corrected chi connectivity index (χ4v) is 3.30. The predicted octanol–water partition coefficient (Wildman–Crippen LogP) is 3.77. The van der Waals surface area contributed by atoms with Crippen LogP contribution in [0, 0.1) is 13.8 Å². The number of carboxylic acids is 1. The molecule has 0 bridgehead atoms. The minimum absolute atomic E-state index is 0.0378. The Morgan fingerprint density at radius 2 is 1.90 bits per heavy atom. The minimum Gasteiger partial charge on any atom is -0.478 e. The van der Waals surface area contributed by atoms with E-state index < -0.39 is 5.97 Å². The molecule has 1 aromatic heterocycles. The van der Waals surface area contributed by atoms with Crippen molar-refractivity contribution in [3.63, 3.8) is 0 Å². The molecule has 0 aliphatic heterocycles. The Hall–Kier alpha value is -1.90. The molecule has 0 radical (unpaired) electrons. The molecule has 1 aliphatic carbocycles. The van der Waals surface area contributed by atoms with Crippen LogP contribution in [0.2, 0.25) is 0 Å². The van der Waals surface area contributed by atoms with Gasteiger partial charge in [0.2, 0.25) is 0 Å². The molecule has 0 atom stereocenters. The number of carbonyl (C=O) groups is 1. The number of nitrogens with zero attached hydrogens (tertiary/aromatic N) is 1. The van der Waals surface area contributed by atoms with Crippen LogP contribution in [0.1, 0.15) is 53.0 Å². The van der Waals surface area contributed by atoms with Crippen molar-refractivity contribution in [2.45, 2.75) is 46.0 Å². The van der Waals surface area contributed by atoms with Gasteiger partial charge in [0.1, 0.15) is 0 Å². The first kappa shape index (κ1) is 13.1. The van der Waals surface area contributed by atoms with E-state index in [0.29, 0.717) is 5.56 Å². The maximum atomic E-state index is 11.8. The topological polar surface area (TPSA) is 50.2 Å². The van der Waals surface area contributed by atoms with Gasteiger partial charge in [-0.2, -0.15) is 0 Å². The second kappa shape index (κ2) is 4.05. The summed E-state index contributed by atoms with van der Waals surface area (Å²) in [4.78, 5) is 16.7. The second-order valence-corrected chi connectivity index (χ2v) is 6.43. The molecule has 2 aromatic rings. The Balaban J connectivity index is 2.54. The third-order valence-corrected chi connectivity index (χ3v) is 4.50. The number of fused-ring (bicyclic) bond motifs is 2. The van der Waals surface area contributed by atoms with Crippen LogP contribution < -0.4 is 0 Å². The fraction of sp³-hybridized carbons (Fsp3) is 0.412. The summed E-state index contributed by atoms with van der Waals surface area (Å²) in [7, 11) is 0. The first-order valence-corrected chi connectivity index (χ1v) is 6.99. The van der Waals surface area contributed by atoms with Crippen molar-refractivity contribution < 1.29 is 9.90 Å². The molecular formula is C17H19NO2. The van der Waals surface area contributed by atoms with Crippen molar-refractivity contribution in [1.82, 2.24) is 4.98 Å². The van der Waals surface area contributed by atoms with E-state index in [1.54, 1.807) is 0 Å². The lowest BCUT2D eigenvalue weighted by Crippen LogP contribution is -2.16. The van der Waals surface area contributed by atoms with Gasteiger partial charge in [0.05, 0.1) is 16.8 Å². The summed E-state index contributed by atoms with van der Waals surface area (Å²) in [6.07, 6.45) is 1.77. The van der Waals surface area contributed by atoms with Gasteiger partial charge in [-0.15, -0.1) is 0 Å². The summed E-state index contributed by atoms with van der Waals surface area (Å²) in [5.74, 6) is -0.833. The molecule has 20 heavy (non-hydrogen) atoms. The molecule has 3 heteroatoms. The van der Waals surface area contributed by atoms with Crippen LogP contribution in [0.25, 0.3) is 10.9 Å². The standard InChI is InChI=1S/C17H19NO2/c1-9-5-6-10(2)14-12(9)13(16(19)20)11-7-8-17(3,4)15(11)18-14/h5-6H,7-8H2,1-4H3,(H,19,20). The van der Waals surface area contributed by atoms with Crippen molar-refractivity contribution in [1.29, 1.82) is 0 Å². The second-order valence-electron chi connectivity index (χ2n) is 6.43. The lowest BCUT2D eigenvalue weighted by molar-refractivity contribution is 0.0698. The van der Waals surface area contributed by atoms with Crippen LogP contribution in [-0.4, -0.2) is 16.1 Å². The molecule has 1 N–H and O–H groups in total. The average molecular weight is 269 g/mol. The molecule has 0 fully saturated rings. The number of carboxylic acid groups (broad SMARTS) is 1. The van der Waals surface area contributed by atoms with Gasteiger partial charge in [0.25, 0.3) is 0 Å². The Labute approximate surface area is 118 Å². The summed E-state index contributed by atoms with van der Waals surface area (Å²) in [6, 6.07) is 4.00. The van der Waals surface area contributed by atoms with Gasteiger partial charge in [0.15, 0.2) is 0 Å². The average Bonchev–Trinajstić information content (AvgIpc) is 2.68. The monoisotopic (exact) mass is 269 g/mol. The van der Waals surface area contributed by atoms with E-state index in [1.807, 2.05) is 26.0 Å². The Kier molecular flexibility index (Phi) is 2.65. The van der Waals surface area contributed by atoms with E-state index in [2.05, 4.69) is 13.8 Å². The van der Waals surface area contributed by atoms with Crippen molar-refractivity contribution in [2.75, 3.05) is 0 Å². The van der Waals surface area contributed by atoms with Crippen LogP contribution in [0.15, 0.2) is 12.1 Å². The highest BCUT2D eigenvalue weighted by Crippen LogP contribution is 2.41. The van der Waals surface area contributed by atoms with E-state index in [1.165, 1.54) is 0 Å². The first-order valence-electron chi connectivity index (χ1n) is 6.99. The van der Waals surface area contributed by atoms with E-state index in [4.69, 9.17) is 4.98 Å². The first-order chi connectivity index (χ1) is 9.33. The molecular weight excluding hydrogens is 250 g/mol. The summed E-state index contributed by atoms with van der Waals surface area (Å²) in [5, 5.41) is 10.5. The molecule has 1 heterocycles. The van der Waals surface area contributed by atoms with Crippen LogP contribution in [-0.2, 0) is 11.8 Å². The zero-order valence-electron chi connectivity index (χ0n) is 12.4. The van der Waals surface area contributed by atoms with Crippen LogP contribution in [0.3, 0.4) is 0 Å². The van der Waals surface area contributed by atoms with E-state index in [9.17, 15) is 9.90 Å². The van der Waals surface area contributed by atoms with E-state index >= 15 is 0 Å². The molecule has 0 unspecified atom stereocenters. The van der Waals surface area contributed by atoms with Gasteiger partial charge in [-0.1, -0.05) is 26.0 Å². The third kappa shape index (κ3) is 1.65. The van der Waals surface area contributed by atoms with Crippen molar-refractivity contribution in [2.24, 2.45) is 0 Å². The van der Waals surface area contributed by atoms with Crippen LogP contribution >= 0.6 is 0 Å². The Bertz CT molecular complexity index is 744. The van der Waals surface area contributed by atoms with Crippen LogP contribution in [0.5, 0.6) is 0 Å². The molecule has 1 aliphatic rings. The highest BCUT2D eigenvalue weighted by molar-refractivity contribution is 6.06. The number of rotatable bonds is 1. The van der Waals surface area contributed by atoms with Crippen molar-refractivity contribution >= 4 is 16.9 Å². The summed E-state index contributed by atoms with van der Waals surface area (Å²) >= 11 is 0. The summed E-state index contributed by atoms with van der Waals surface area (Å²) in [6.45, 7) is 8.25. The SMILES string of the molecule is Cc1ccc(C)c2c(C(=O)O)c3c(nc12)C(C)(C)CC3. The smallest absolute Gasteiger partial charge is 0.336 e. The number of benzene rings is 1. The zero-order chi connectivity index (χ0) is 14.7. The Morgan fingerprint density at radius 3 is 2.55 bits per heavy atom. The van der Waals surface area contributed by atoms with E-state index in [-0.39, 0.29) is 5.41 Å². The lowest BCUT2D eigenvalue weighted by atomic mass is 9.89. The van der Waals surface area contributed by atoms with Gasteiger partial charge in [-0.3, -0.25) is 4.98 Å². The molecule has 104 valence electrons. The molecule has 3 nitrogen and oxygen atoms in total. The van der Waals surface area contributed by atoms with Gasteiger partial charge in [-0.25, -0.2) is 4.79 Å². The zero-order valence-corrected chi connectivity index (χ0v) is 12.4. The normalized spacial score (nSPS) is 16.4. The highest BCUT2D eigenvalue weighted by Gasteiger charge is 2.36. The van der Waals surface area contributed by atoms with E-state index in [0.717, 1.165) is 46.1 Å². The minimum atomic E-state index is -0.833. The van der Waals surface area contributed by atoms with Crippen LogP contribution in [0.4, 0.5) is 0 Å². The van der Waals surface area contributed by atoms with Gasteiger partial charge < -0.3 is 5.11 Å². The number of hydrogen-bond acceptors (Lipinski definition) is 2. The molecule has 3 rings (SSSR count). The highest BCUT2D eigenvalue weighted by atomic mass is 16.4. The third-order valence-electron chi connectivity index (χ3n) is 4.50. The number of hydrogen-bond donors (Lipinski definition) is 1. The maximum Gasteiger partial charge on any atom is 0.336 e. The molecule has 0 spiro atoms. The van der Waals surface area contributed by atoms with Crippen molar-refractivity contribution in [3.8, 4) is 0 Å². The number of aromatic nitrogens is 1. The number of pyridine rings is 1. The molecule has 1 aromatic carbocycles. The molecule has 0 saturated heterocycles. The Morgan fingerprint density at radius 1 is 1.25 bits per heavy atom. The van der Waals surface area contributed by atoms with Crippen molar-refractivity contribution in [3.05, 3.63) is 40.1 Å². The molecule has 0 saturated carbocycles. The number of aromatic carboxylic acids is 1. The predicted molar refractivity (Wildman–Crippen MR) is 79.5 cm³/mol. The maximum absolute atomic E-state index is 11.8.